The maximum absolute atomic E-state index is 12.6. The molecule has 9 heteroatoms. The first-order valence-electron chi connectivity index (χ1n) is 8.32. The van der Waals surface area contributed by atoms with E-state index in [1.54, 1.807) is 24.3 Å². The predicted octanol–water partition coefficient (Wildman–Crippen LogP) is 1.53. The van der Waals surface area contributed by atoms with E-state index in [2.05, 4.69) is 15.5 Å². The van der Waals surface area contributed by atoms with E-state index in [1.807, 2.05) is 24.4 Å². The summed E-state index contributed by atoms with van der Waals surface area (Å²) in [4.78, 5) is 12.7. The van der Waals surface area contributed by atoms with Gasteiger partial charge in [0.15, 0.2) is 11.5 Å². The number of nitrogens with one attached hydrogen (secondary N) is 1. The lowest BCUT2D eigenvalue weighted by Gasteiger charge is -2.16. The molecule has 0 saturated heterocycles. The van der Waals surface area contributed by atoms with Crippen LogP contribution in [0.3, 0.4) is 0 Å². The highest BCUT2D eigenvalue weighted by molar-refractivity contribution is 7.89. The molecule has 2 aromatic heterocycles. The number of rotatable bonds is 5. The molecule has 8 nitrogen and oxygen atoms in total. The first-order chi connectivity index (χ1) is 12.7. The summed E-state index contributed by atoms with van der Waals surface area (Å²) in [6.07, 6.45) is 1.81. The van der Waals surface area contributed by atoms with Crippen LogP contribution in [0.2, 0.25) is 0 Å². The Balaban J connectivity index is 1.88. The molecular weight excluding hydrogens is 366 g/mol. The molecule has 0 radical (unpaired) electrons. The van der Waals surface area contributed by atoms with Gasteiger partial charge in [-0.15, -0.1) is 10.2 Å². The molecule has 142 valence electrons. The number of benzene rings is 1. The van der Waals surface area contributed by atoms with Crippen molar-refractivity contribution in [3.05, 3.63) is 59.0 Å². The molecule has 0 bridgehead atoms. The third-order valence-electron chi connectivity index (χ3n) is 4.43. The maximum Gasteiger partial charge on any atom is 0.251 e. The van der Waals surface area contributed by atoms with E-state index in [4.69, 9.17) is 0 Å². The van der Waals surface area contributed by atoms with E-state index in [0.29, 0.717) is 17.0 Å². The monoisotopic (exact) mass is 387 g/mol. The van der Waals surface area contributed by atoms with Gasteiger partial charge >= 0.3 is 0 Å². The van der Waals surface area contributed by atoms with Gasteiger partial charge in [0.05, 0.1) is 11.4 Å². The van der Waals surface area contributed by atoms with Crippen molar-refractivity contribution in [2.75, 3.05) is 14.1 Å². The summed E-state index contributed by atoms with van der Waals surface area (Å²) in [5.74, 6) is 0.213. The van der Waals surface area contributed by atoms with Crippen LogP contribution >= 0.6 is 0 Å². The van der Waals surface area contributed by atoms with Gasteiger partial charge in [0.25, 0.3) is 5.91 Å². The molecule has 0 aliphatic heterocycles. The van der Waals surface area contributed by atoms with Gasteiger partial charge in [-0.25, -0.2) is 12.7 Å². The number of aromatic nitrogens is 3. The zero-order valence-corrected chi connectivity index (χ0v) is 16.4. The highest BCUT2D eigenvalue weighted by Gasteiger charge is 2.23. The summed E-state index contributed by atoms with van der Waals surface area (Å²) in [5, 5.41) is 10.9. The van der Waals surface area contributed by atoms with E-state index in [-0.39, 0.29) is 22.9 Å². The van der Waals surface area contributed by atoms with Crippen molar-refractivity contribution in [3.63, 3.8) is 0 Å². The van der Waals surface area contributed by atoms with Gasteiger partial charge in [0.2, 0.25) is 10.0 Å². The molecule has 0 atom stereocenters. The summed E-state index contributed by atoms with van der Waals surface area (Å²) in [6.45, 7) is 3.69. The van der Waals surface area contributed by atoms with Crippen LogP contribution in [0.4, 0.5) is 0 Å². The van der Waals surface area contributed by atoms with E-state index in [1.165, 1.54) is 20.2 Å². The van der Waals surface area contributed by atoms with Crippen molar-refractivity contribution in [3.8, 4) is 0 Å². The van der Waals surface area contributed by atoms with Gasteiger partial charge in [-0.05, 0) is 49.2 Å². The zero-order chi connectivity index (χ0) is 19.8. The number of hydrogen-bond donors (Lipinski definition) is 1. The standard InChI is InChI=1S/C18H21N5O3S/c1-12-9-14(10-15(13(12)2)27(25,26)22(3)4)18(24)19-11-17-21-20-16-7-5-6-8-23(16)17/h5-10H,11H2,1-4H3,(H,19,24). The smallest absolute Gasteiger partial charge is 0.251 e. The maximum atomic E-state index is 12.6. The fourth-order valence-corrected chi connectivity index (χ4v) is 3.91. The lowest BCUT2D eigenvalue weighted by molar-refractivity contribution is 0.0949. The summed E-state index contributed by atoms with van der Waals surface area (Å²) in [6, 6.07) is 8.62. The molecule has 27 heavy (non-hydrogen) atoms. The van der Waals surface area contributed by atoms with Crippen LogP contribution in [0.15, 0.2) is 41.4 Å². The molecule has 2 heterocycles. The first-order valence-corrected chi connectivity index (χ1v) is 9.76. The summed E-state index contributed by atoms with van der Waals surface area (Å²) in [5.41, 5.74) is 2.33. The molecule has 0 fully saturated rings. The third kappa shape index (κ3) is 3.56. The molecule has 0 unspecified atom stereocenters. The fourth-order valence-electron chi connectivity index (χ4n) is 2.70. The van der Waals surface area contributed by atoms with Crippen LogP contribution in [0.1, 0.15) is 27.3 Å². The minimum atomic E-state index is -3.65. The Bertz CT molecular complexity index is 1120. The number of pyridine rings is 1. The van der Waals surface area contributed by atoms with Crippen molar-refractivity contribution in [2.24, 2.45) is 0 Å². The van der Waals surface area contributed by atoms with Gasteiger partial charge in [0, 0.05) is 25.9 Å². The number of nitrogens with zero attached hydrogens (tertiary/aromatic N) is 4. The lowest BCUT2D eigenvalue weighted by Crippen LogP contribution is -2.26. The van der Waals surface area contributed by atoms with Crippen molar-refractivity contribution in [2.45, 2.75) is 25.3 Å². The minimum absolute atomic E-state index is 0.130. The largest absolute Gasteiger partial charge is 0.345 e. The topological polar surface area (TPSA) is 96.7 Å². The van der Waals surface area contributed by atoms with Crippen molar-refractivity contribution < 1.29 is 13.2 Å². The molecule has 0 spiro atoms. The zero-order valence-electron chi connectivity index (χ0n) is 15.6. The Kier molecular flexibility index (Phi) is 4.99. The van der Waals surface area contributed by atoms with Crippen LogP contribution < -0.4 is 5.32 Å². The number of carbonyl (C=O) groups is 1. The van der Waals surface area contributed by atoms with Crippen molar-refractivity contribution in [1.29, 1.82) is 0 Å². The second kappa shape index (κ2) is 7.09. The molecule has 0 saturated carbocycles. The molecule has 3 rings (SSSR count). The highest BCUT2D eigenvalue weighted by atomic mass is 32.2. The minimum Gasteiger partial charge on any atom is -0.345 e. The predicted molar refractivity (Wildman–Crippen MR) is 101 cm³/mol. The van der Waals surface area contributed by atoms with Crippen LogP contribution in [-0.4, -0.2) is 47.3 Å². The quantitative estimate of drug-likeness (QED) is 0.716. The molecule has 1 aromatic carbocycles. The van der Waals surface area contributed by atoms with Gasteiger partial charge in [-0.1, -0.05) is 6.07 Å². The van der Waals surface area contributed by atoms with Gasteiger partial charge in [-0.2, -0.15) is 0 Å². The molecule has 1 amide bonds. The Hall–Kier alpha value is -2.78. The van der Waals surface area contributed by atoms with Crippen LogP contribution in [0.5, 0.6) is 0 Å². The van der Waals surface area contributed by atoms with E-state index in [9.17, 15) is 13.2 Å². The normalized spacial score (nSPS) is 11.9. The second-order valence-corrected chi connectivity index (χ2v) is 8.55. The van der Waals surface area contributed by atoms with Gasteiger partial charge in [0.1, 0.15) is 0 Å². The first kappa shape index (κ1) is 19.0. The van der Waals surface area contributed by atoms with Crippen LogP contribution in [0.25, 0.3) is 5.65 Å². The highest BCUT2D eigenvalue weighted by Crippen LogP contribution is 2.23. The van der Waals surface area contributed by atoms with Gasteiger partial charge < -0.3 is 5.32 Å². The molecular formula is C18H21N5O3S. The molecule has 0 aliphatic rings. The van der Waals surface area contributed by atoms with Crippen molar-refractivity contribution in [1.82, 2.24) is 24.2 Å². The Morgan fingerprint density at radius 2 is 1.93 bits per heavy atom. The molecule has 1 N–H and O–H groups in total. The summed E-state index contributed by atoms with van der Waals surface area (Å²) in [7, 11) is -0.715. The number of amides is 1. The summed E-state index contributed by atoms with van der Waals surface area (Å²) >= 11 is 0. The molecule has 3 aromatic rings. The lowest BCUT2D eigenvalue weighted by atomic mass is 10.1. The van der Waals surface area contributed by atoms with Crippen molar-refractivity contribution >= 4 is 21.6 Å². The number of fused-ring (bicyclic) bond motifs is 1. The fraction of sp³-hybridized carbons (Fsp3) is 0.278. The SMILES string of the molecule is Cc1cc(C(=O)NCc2nnc3ccccn23)cc(S(=O)(=O)N(C)C)c1C. The second-order valence-electron chi connectivity index (χ2n) is 6.43. The number of aryl methyl sites for hydroxylation is 1. The van der Waals surface area contributed by atoms with Crippen LogP contribution in [0, 0.1) is 13.8 Å². The Labute approximate surface area is 157 Å². The van der Waals surface area contributed by atoms with Gasteiger partial charge in [-0.3, -0.25) is 9.20 Å². The summed E-state index contributed by atoms with van der Waals surface area (Å²) < 4.78 is 28.0. The number of carbonyl (C=O) groups excluding carboxylic acids is 1. The average Bonchev–Trinajstić information content (AvgIpc) is 3.04. The average molecular weight is 387 g/mol. The third-order valence-corrected chi connectivity index (χ3v) is 6.37. The molecule has 0 aliphatic carbocycles. The van der Waals surface area contributed by atoms with E-state index in [0.717, 1.165) is 9.87 Å². The Morgan fingerprint density at radius 3 is 2.63 bits per heavy atom. The number of hydrogen-bond acceptors (Lipinski definition) is 5. The number of sulfonamides is 1. The van der Waals surface area contributed by atoms with E-state index < -0.39 is 10.0 Å². The Morgan fingerprint density at radius 1 is 1.19 bits per heavy atom. The van der Waals surface area contributed by atoms with E-state index >= 15 is 0 Å². The van der Waals surface area contributed by atoms with Crippen LogP contribution in [-0.2, 0) is 16.6 Å².